The van der Waals surface area contributed by atoms with Crippen molar-refractivity contribution in [3.8, 4) is 11.5 Å². The molecule has 112 valence electrons. The number of benzene rings is 2. The molecule has 0 fully saturated rings. The van der Waals surface area contributed by atoms with E-state index in [0.29, 0.717) is 0 Å². The van der Waals surface area contributed by atoms with Crippen LogP contribution in [0.1, 0.15) is 20.7 Å². The largest absolute Gasteiger partial charge is 2.00 e. The molecule has 0 radical (unpaired) electrons. The van der Waals surface area contributed by atoms with Gasteiger partial charge in [0.1, 0.15) is 0 Å². The second-order valence-electron chi connectivity index (χ2n) is 3.66. The molecule has 0 aliphatic rings. The molecule has 0 saturated heterocycles. The van der Waals surface area contributed by atoms with Gasteiger partial charge in [-0.25, -0.2) is 9.59 Å². The van der Waals surface area contributed by atoms with Gasteiger partial charge in [0, 0.05) is 0 Å². The van der Waals surface area contributed by atoms with Gasteiger partial charge in [0.05, 0.1) is 11.1 Å². The summed E-state index contributed by atoms with van der Waals surface area (Å²) in [7, 11) is 0. The van der Waals surface area contributed by atoms with Gasteiger partial charge in [0.2, 0.25) is 0 Å². The molecule has 0 amide bonds. The van der Waals surface area contributed by atoms with Crippen molar-refractivity contribution in [2.45, 2.75) is 0 Å². The Hall–Kier alpha value is -2.53. The van der Waals surface area contributed by atoms with Gasteiger partial charge < -0.3 is 20.4 Å². The Morgan fingerprint density at radius 3 is 1.10 bits per heavy atom. The number of hydrogen-bond acceptors (Lipinski definition) is 4. The van der Waals surface area contributed by atoms with Crippen molar-refractivity contribution >= 4 is 11.9 Å². The molecule has 2 rings (SSSR count). The summed E-state index contributed by atoms with van der Waals surface area (Å²) in [5, 5.41) is 37.6. The van der Waals surface area contributed by atoms with Gasteiger partial charge >= 0.3 is 28.4 Å². The van der Waals surface area contributed by atoms with E-state index in [2.05, 4.69) is 0 Å². The normalized spacial score (nSPS) is 8.76. The molecule has 2 aromatic rings. The fourth-order valence-corrected chi connectivity index (χ4v) is 1.20. The van der Waals surface area contributed by atoms with Crippen LogP contribution >= 0.6 is 0 Å². The molecule has 0 heterocycles. The average Bonchev–Trinajstić information content (AvgIpc) is 2.40. The Morgan fingerprint density at radius 2 is 0.905 bits per heavy atom. The number of rotatable bonds is 2. The molecule has 0 unspecified atom stereocenters. The molecule has 0 aliphatic heterocycles. The Bertz CT molecular complexity index is 536. The summed E-state index contributed by atoms with van der Waals surface area (Å²) < 4.78 is 0. The van der Waals surface area contributed by atoms with Crippen LogP contribution in [-0.4, -0.2) is 22.2 Å². The fraction of sp³-hybridized carbons (Fsp3) is 0. The van der Waals surface area contributed by atoms with Crippen molar-refractivity contribution < 1.29 is 46.5 Å². The molecule has 6 nitrogen and oxygen atoms in total. The molecule has 0 bridgehead atoms. The van der Waals surface area contributed by atoms with Gasteiger partial charge in [-0.05, 0) is 24.3 Å². The maximum Gasteiger partial charge on any atom is 2.00 e. The summed E-state index contributed by atoms with van der Waals surface area (Å²) in [6.07, 6.45) is 0. The van der Waals surface area contributed by atoms with Crippen LogP contribution in [0.15, 0.2) is 48.5 Å². The Labute approximate surface area is 130 Å². The van der Waals surface area contributed by atoms with Crippen molar-refractivity contribution in [2.24, 2.45) is 0 Å². The monoisotopic (exact) mass is 332 g/mol. The van der Waals surface area contributed by atoms with Crippen LogP contribution in [0.5, 0.6) is 11.5 Å². The third-order valence-corrected chi connectivity index (χ3v) is 2.20. The first-order valence-electron chi connectivity index (χ1n) is 5.41. The van der Waals surface area contributed by atoms with Gasteiger partial charge in [-0.15, -0.1) is 11.5 Å². The Morgan fingerprint density at radius 1 is 0.667 bits per heavy atom. The van der Waals surface area contributed by atoms with Crippen LogP contribution in [0.2, 0.25) is 0 Å². The van der Waals surface area contributed by atoms with E-state index < -0.39 is 11.9 Å². The van der Waals surface area contributed by atoms with E-state index in [1.54, 1.807) is 0 Å². The summed E-state index contributed by atoms with van der Waals surface area (Å²) >= 11 is 0. The van der Waals surface area contributed by atoms with Crippen molar-refractivity contribution in [1.82, 2.24) is 0 Å². The average molecular weight is 333 g/mol. The zero-order chi connectivity index (χ0) is 15.1. The minimum atomic E-state index is -1.01. The summed E-state index contributed by atoms with van der Waals surface area (Å²) in [6, 6.07) is 10.0. The van der Waals surface area contributed by atoms with Crippen molar-refractivity contribution in [3.63, 3.8) is 0 Å². The van der Waals surface area contributed by atoms with E-state index in [-0.39, 0.29) is 39.1 Å². The van der Waals surface area contributed by atoms with Crippen molar-refractivity contribution in [2.75, 3.05) is 0 Å². The number of carboxylic acids is 2. The summed E-state index contributed by atoms with van der Waals surface area (Å²) in [5.41, 5.74) is 0.277. The third-order valence-electron chi connectivity index (χ3n) is 2.20. The molecule has 0 atom stereocenters. The minimum Gasteiger partial charge on any atom is -0.872 e. The van der Waals surface area contributed by atoms with Crippen LogP contribution in [0.3, 0.4) is 0 Å². The SMILES string of the molecule is O=C(O)c1ccc([O-])cc1.O=C(O)c1ccc([O-])cc1.[Ni+2]. The quantitative estimate of drug-likeness (QED) is 0.788. The maximum atomic E-state index is 10.5. The summed E-state index contributed by atoms with van der Waals surface area (Å²) in [6.45, 7) is 0. The molecule has 2 N–H and O–H groups in total. The molecule has 2 aromatic carbocycles. The standard InChI is InChI=1S/2C7H6O3.Ni/c2*8-6-3-1-5(2-4-6)7(9)10;/h2*1-4,8H,(H,9,10);/q;;+2/p-2. The molecule has 21 heavy (non-hydrogen) atoms. The number of carboxylic acid groups (broad SMARTS) is 2. The van der Waals surface area contributed by atoms with Crippen molar-refractivity contribution in [1.29, 1.82) is 0 Å². The maximum absolute atomic E-state index is 10.5. The van der Waals surface area contributed by atoms with Gasteiger partial charge in [0.15, 0.2) is 0 Å². The molecule has 0 spiro atoms. The topological polar surface area (TPSA) is 121 Å². The first-order valence-corrected chi connectivity index (χ1v) is 5.41. The van der Waals surface area contributed by atoms with Gasteiger partial charge in [-0.3, -0.25) is 0 Å². The molecule has 0 aromatic heterocycles. The van der Waals surface area contributed by atoms with E-state index >= 15 is 0 Å². The van der Waals surface area contributed by atoms with Crippen LogP contribution in [0.25, 0.3) is 0 Å². The van der Waals surface area contributed by atoms with E-state index in [1.165, 1.54) is 48.5 Å². The predicted molar refractivity (Wildman–Crippen MR) is 65.7 cm³/mol. The predicted octanol–water partition coefficient (Wildman–Crippen LogP) is 0.914. The first kappa shape index (κ1) is 18.5. The van der Waals surface area contributed by atoms with Gasteiger partial charge in [0.25, 0.3) is 0 Å². The summed E-state index contributed by atoms with van der Waals surface area (Å²) in [5.74, 6) is -2.38. The van der Waals surface area contributed by atoms with E-state index in [4.69, 9.17) is 10.2 Å². The van der Waals surface area contributed by atoms with E-state index in [1.807, 2.05) is 0 Å². The smallest absolute Gasteiger partial charge is 0.872 e. The molecule has 7 heteroatoms. The van der Waals surface area contributed by atoms with E-state index in [9.17, 15) is 19.8 Å². The third kappa shape index (κ3) is 6.45. The second-order valence-corrected chi connectivity index (χ2v) is 3.66. The molecule has 0 saturated carbocycles. The molecular formula is C14H10NiO6. The van der Waals surface area contributed by atoms with Crippen molar-refractivity contribution in [3.05, 3.63) is 59.7 Å². The second kappa shape index (κ2) is 8.61. The Balaban J connectivity index is 0.000000364. The Kier molecular flexibility index (Phi) is 7.57. The van der Waals surface area contributed by atoms with Gasteiger partial charge in [-0.2, -0.15) is 0 Å². The number of hydrogen-bond donors (Lipinski definition) is 2. The number of carbonyl (C=O) groups is 2. The zero-order valence-corrected chi connectivity index (χ0v) is 11.5. The van der Waals surface area contributed by atoms with Crippen LogP contribution in [0.4, 0.5) is 0 Å². The van der Waals surface area contributed by atoms with Crippen LogP contribution in [-0.2, 0) is 16.5 Å². The minimum absolute atomic E-state index is 0. The van der Waals surface area contributed by atoms with Crippen LogP contribution < -0.4 is 10.2 Å². The number of aromatic carboxylic acids is 2. The van der Waals surface area contributed by atoms with Gasteiger partial charge in [-0.1, -0.05) is 24.3 Å². The van der Waals surface area contributed by atoms with E-state index in [0.717, 1.165) is 0 Å². The first-order chi connectivity index (χ1) is 9.40. The van der Waals surface area contributed by atoms with Crippen LogP contribution in [0, 0.1) is 0 Å². The zero-order valence-electron chi connectivity index (χ0n) is 10.5. The fourth-order valence-electron chi connectivity index (χ4n) is 1.20. The molecular weight excluding hydrogens is 323 g/mol. The summed E-state index contributed by atoms with van der Waals surface area (Å²) in [4.78, 5) is 20.4. The molecule has 0 aliphatic carbocycles.